The normalized spacial score (nSPS) is 24.8. The average molecular weight is 1610 g/mol. The maximum absolute atomic E-state index is 13.6. The van der Waals surface area contributed by atoms with Gasteiger partial charge in [-0.2, -0.15) is 0 Å². The van der Waals surface area contributed by atoms with Gasteiger partial charge in [0, 0.05) is 6.42 Å². The van der Waals surface area contributed by atoms with Crippen molar-refractivity contribution in [1.29, 1.82) is 0 Å². The van der Waals surface area contributed by atoms with Gasteiger partial charge in [-0.3, -0.25) is 4.79 Å². The van der Waals surface area contributed by atoms with Crippen molar-refractivity contribution >= 4 is 5.91 Å². The number of aliphatic hydroxyl groups excluding tert-OH is 11. The van der Waals surface area contributed by atoms with Crippen LogP contribution in [-0.2, 0) is 33.2 Å². The molecule has 1 amide bonds. The van der Waals surface area contributed by atoms with Gasteiger partial charge in [-0.1, -0.05) is 411 Å². The van der Waals surface area contributed by atoms with Crippen molar-refractivity contribution in [2.75, 3.05) is 26.4 Å². The predicted octanol–water partition coefficient (Wildman–Crippen LogP) is 19.2. The lowest BCUT2D eigenvalue weighted by Crippen LogP contribution is -2.66. The van der Waals surface area contributed by atoms with Crippen LogP contribution in [0.15, 0.2) is 24.3 Å². The first-order valence-corrected chi connectivity index (χ1v) is 48.1. The van der Waals surface area contributed by atoms with E-state index in [2.05, 4.69) is 43.5 Å². The Morgan fingerprint density at radius 2 is 0.584 bits per heavy atom. The summed E-state index contributed by atoms with van der Waals surface area (Å²) in [4.78, 5) is 13.6. The van der Waals surface area contributed by atoms with Crippen molar-refractivity contribution in [3.63, 3.8) is 0 Å². The SMILES string of the molecule is CCCCCCC/C=C\C/C=C\CCCCCCCCCCCCCCCCCCCCCCCCCCCC(=O)NC(COC1OC(CO)C(OC2OC(CO)C(OC3OC(CO)C(O)C(O)C3O)C(O)C2O)C(O)C1O)C(O)CCCCCCCCCCCCCCCCCCCCCCCCCCCCCCCCC. The van der Waals surface area contributed by atoms with E-state index < -0.39 is 124 Å². The van der Waals surface area contributed by atoms with Gasteiger partial charge in [-0.15, -0.1) is 0 Å². The zero-order chi connectivity index (χ0) is 81.7. The Morgan fingerprint density at radius 3 is 0.903 bits per heavy atom. The fraction of sp³-hybridized carbons (Fsp3) is 0.947. The Bertz CT molecular complexity index is 2130. The Kier molecular flexibility index (Phi) is 69.2. The molecule has 0 aliphatic carbocycles. The number of carbonyl (C=O) groups is 1. The molecule has 19 heteroatoms. The van der Waals surface area contributed by atoms with Gasteiger partial charge < -0.3 is 89.9 Å². The van der Waals surface area contributed by atoms with Gasteiger partial charge in [0.05, 0.1) is 38.6 Å². The number of hydrogen-bond acceptors (Lipinski definition) is 18. The van der Waals surface area contributed by atoms with Gasteiger partial charge in [0.25, 0.3) is 0 Å². The summed E-state index contributed by atoms with van der Waals surface area (Å²) in [5.41, 5.74) is 0. The minimum absolute atomic E-state index is 0.232. The van der Waals surface area contributed by atoms with E-state index in [1.54, 1.807) is 0 Å². The lowest BCUT2D eigenvalue weighted by Gasteiger charge is -2.48. The molecule has 17 atom stereocenters. The Labute approximate surface area is 689 Å². The Balaban J connectivity index is 1.29. The zero-order valence-electron chi connectivity index (χ0n) is 72.4. The molecule has 0 spiro atoms. The molecule has 113 heavy (non-hydrogen) atoms. The monoisotopic (exact) mass is 1610 g/mol. The summed E-state index contributed by atoms with van der Waals surface area (Å²) < 4.78 is 34.6. The highest BCUT2D eigenvalue weighted by Crippen LogP contribution is 2.34. The number of carbonyl (C=O) groups excluding carboxylic acids is 1. The maximum Gasteiger partial charge on any atom is 0.220 e. The molecule has 0 aromatic carbocycles. The van der Waals surface area contributed by atoms with Crippen LogP contribution >= 0.6 is 0 Å². The van der Waals surface area contributed by atoms with E-state index in [-0.39, 0.29) is 18.9 Å². The molecular weight excluding hydrogens is 1430 g/mol. The van der Waals surface area contributed by atoms with Crippen LogP contribution in [0, 0.1) is 0 Å². The van der Waals surface area contributed by atoms with Crippen molar-refractivity contribution in [1.82, 2.24) is 5.32 Å². The summed E-state index contributed by atoms with van der Waals surface area (Å²) in [5, 5.41) is 121. The molecule has 17 unspecified atom stereocenters. The third-order valence-corrected chi connectivity index (χ3v) is 24.3. The van der Waals surface area contributed by atoms with Crippen LogP contribution in [0.3, 0.4) is 0 Å². The molecule has 668 valence electrons. The van der Waals surface area contributed by atoms with E-state index in [1.807, 2.05) is 0 Å². The van der Waals surface area contributed by atoms with Crippen LogP contribution in [0.5, 0.6) is 0 Å². The topological polar surface area (TPSA) is 307 Å². The fourth-order valence-electron chi connectivity index (χ4n) is 16.6. The number of unbranched alkanes of at least 4 members (excludes halogenated alkanes) is 60. The highest BCUT2D eigenvalue weighted by molar-refractivity contribution is 5.76. The highest BCUT2D eigenvalue weighted by atomic mass is 16.8. The van der Waals surface area contributed by atoms with E-state index in [0.717, 1.165) is 51.4 Å². The largest absolute Gasteiger partial charge is 0.394 e. The van der Waals surface area contributed by atoms with Gasteiger partial charge in [0.2, 0.25) is 5.91 Å². The lowest BCUT2D eigenvalue weighted by atomic mass is 9.96. The molecule has 3 saturated heterocycles. The van der Waals surface area contributed by atoms with E-state index in [9.17, 15) is 61.0 Å². The minimum atomic E-state index is -1.97. The van der Waals surface area contributed by atoms with E-state index in [1.165, 1.54) is 353 Å². The maximum atomic E-state index is 13.6. The fourth-order valence-corrected chi connectivity index (χ4v) is 16.6. The summed E-state index contributed by atoms with van der Waals surface area (Å²) in [5.74, 6) is -0.232. The van der Waals surface area contributed by atoms with Crippen LogP contribution in [0.25, 0.3) is 0 Å². The molecule has 3 rings (SSSR count). The average Bonchev–Trinajstić information content (AvgIpc) is 0.779. The Hall–Kier alpha value is -1.73. The molecule has 3 aliphatic rings. The third-order valence-electron chi connectivity index (χ3n) is 24.3. The second-order valence-corrected chi connectivity index (χ2v) is 34.5. The number of aliphatic hydroxyl groups is 11. The zero-order valence-corrected chi connectivity index (χ0v) is 72.4. The summed E-state index contributed by atoms with van der Waals surface area (Å²) in [6, 6.07) is -0.887. The second-order valence-electron chi connectivity index (χ2n) is 34.5. The first kappa shape index (κ1) is 105. The van der Waals surface area contributed by atoms with Crippen molar-refractivity contribution in [2.24, 2.45) is 0 Å². The first-order chi connectivity index (χ1) is 55.3. The van der Waals surface area contributed by atoms with Gasteiger partial charge >= 0.3 is 0 Å². The third kappa shape index (κ3) is 52.3. The molecular formula is C94H179NO18. The van der Waals surface area contributed by atoms with E-state index in [0.29, 0.717) is 12.8 Å². The summed E-state index contributed by atoms with van der Waals surface area (Å²) >= 11 is 0. The standard InChI is InChI=1S/C94H179NO18/c1-3-5-7-9-11-13-15-17-19-21-23-25-27-29-31-33-35-36-37-38-39-40-42-44-46-48-50-52-54-56-58-60-62-64-66-68-70-72-82(100)95-77(78(99)71-69-67-65-63-61-59-57-55-53-51-49-47-45-43-41-34-32-30-28-26-24-22-20-18-16-14-12-10-8-6-4-2)76-108-92-88(106)85(103)90(80(74-97)110-92)113-94-89(107)86(104)91(81(75-98)111-94)112-93-87(105)84(102)83(101)79(73-96)109-93/h15,17,21,23,77-81,83-94,96-99,101-107H,3-14,16,18-20,22,24-76H2,1-2H3,(H,95,100)/b17-15-,23-21-. The molecule has 3 heterocycles. The highest BCUT2D eigenvalue weighted by Gasteiger charge is 2.54. The lowest BCUT2D eigenvalue weighted by molar-refractivity contribution is -0.379. The van der Waals surface area contributed by atoms with Crippen LogP contribution in [0.4, 0.5) is 0 Å². The van der Waals surface area contributed by atoms with Crippen molar-refractivity contribution < 1.29 is 89.4 Å². The smallest absolute Gasteiger partial charge is 0.220 e. The van der Waals surface area contributed by atoms with E-state index in [4.69, 9.17) is 28.4 Å². The van der Waals surface area contributed by atoms with Crippen LogP contribution in [-0.4, -0.2) is 193 Å². The minimum Gasteiger partial charge on any atom is -0.394 e. The molecule has 0 radical (unpaired) electrons. The number of ether oxygens (including phenoxy) is 6. The molecule has 3 aliphatic heterocycles. The van der Waals surface area contributed by atoms with Gasteiger partial charge in [0.15, 0.2) is 18.9 Å². The quantitative estimate of drug-likeness (QED) is 0.0199. The van der Waals surface area contributed by atoms with Crippen LogP contribution < -0.4 is 5.32 Å². The van der Waals surface area contributed by atoms with Gasteiger partial charge in [-0.25, -0.2) is 0 Å². The number of allylic oxidation sites excluding steroid dienone is 4. The molecule has 12 N–H and O–H groups in total. The molecule has 0 aromatic heterocycles. The second kappa shape index (κ2) is 74.1. The molecule has 0 aromatic rings. The molecule has 0 saturated carbocycles. The molecule has 19 nitrogen and oxygen atoms in total. The molecule has 3 fully saturated rings. The summed E-state index contributed by atoms with van der Waals surface area (Å²) in [6.45, 7) is 1.88. The van der Waals surface area contributed by atoms with Crippen molar-refractivity contribution in [3.05, 3.63) is 24.3 Å². The number of hydrogen-bond donors (Lipinski definition) is 12. The van der Waals surface area contributed by atoms with Gasteiger partial charge in [-0.05, 0) is 44.9 Å². The summed E-state index contributed by atoms with van der Waals surface area (Å²) in [6.07, 6.45) is 67.4. The summed E-state index contributed by atoms with van der Waals surface area (Å²) in [7, 11) is 0. The first-order valence-electron chi connectivity index (χ1n) is 48.1. The van der Waals surface area contributed by atoms with Crippen molar-refractivity contribution in [2.45, 2.75) is 542 Å². The number of rotatable bonds is 80. The van der Waals surface area contributed by atoms with Gasteiger partial charge in [0.1, 0.15) is 73.2 Å². The van der Waals surface area contributed by atoms with Crippen LogP contribution in [0.2, 0.25) is 0 Å². The number of nitrogens with one attached hydrogen (secondary N) is 1. The van der Waals surface area contributed by atoms with E-state index >= 15 is 0 Å². The number of amides is 1. The molecule has 0 bridgehead atoms. The predicted molar refractivity (Wildman–Crippen MR) is 457 cm³/mol. The van der Waals surface area contributed by atoms with Crippen molar-refractivity contribution in [3.8, 4) is 0 Å². The van der Waals surface area contributed by atoms with Crippen LogP contribution in [0.1, 0.15) is 438 Å². The Morgan fingerprint density at radius 1 is 0.319 bits per heavy atom.